The SMILES string of the molecule is O=c1n(CC2(CBr)CCC2)ccn1C1CC1. The molecule has 3 nitrogen and oxygen atoms in total. The van der Waals surface area contributed by atoms with Crippen molar-refractivity contribution >= 4 is 15.9 Å². The second-order valence-electron chi connectivity index (χ2n) is 5.33. The maximum Gasteiger partial charge on any atom is 0.328 e. The monoisotopic (exact) mass is 284 g/mol. The zero-order valence-corrected chi connectivity index (χ0v) is 10.9. The van der Waals surface area contributed by atoms with Gasteiger partial charge in [0.15, 0.2) is 0 Å². The van der Waals surface area contributed by atoms with Gasteiger partial charge >= 0.3 is 5.69 Å². The Bertz CT molecular complexity index is 435. The lowest BCUT2D eigenvalue weighted by Gasteiger charge is -2.40. The smallest absolute Gasteiger partial charge is 0.299 e. The molecule has 2 fully saturated rings. The van der Waals surface area contributed by atoms with Crippen LogP contribution in [0.5, 0.6) is 0 Å². The fourth-order valence-electron chi connectivity index (χ4n) is 2.55. The highest BCUT2D eigenvalue weighted by molar-refractivity contribution is 9.09. The summed E-state index contributed by atoms with van der Waals surface area (Å²) >= 11 is 3.59. The molecule has 2 saturated carbocycles. The highest BCUT2D eigenvalue weighted by Crippen LogP contribution is 2.43. The van der Waals surface area contributed by atoms with E-state index in [1.165, 1.54) is 32.1 Å². The third kappa shape index (κ3) is 1.67. The maximum absolute atomic E-state index is 12.1. The van der Waals surface area contributed by atoms with E-state index in [0.29, 0.717) is 11.5 Å². The van der Waals surface area contributed by atoms with Gasteiger partial charge in [0, 0.05) is 30.3 Å². The molecule has 16 heavy (non-hydrogen) atoms. The molecule has 0 N–H and O–H groups in total. The number of imidazole rings is 1. The molecule has 0 spiro atoms. The summed E-state index contributed by atoms with van der Waals surface area (Å²) < 4.78 is 3.80. The van der Waals surface area contributed by atoms with Gasteiger partial charge in [-0.1, -0.05) is 22.4 Å². The second kappa shape index (κ2) is 3.76. The molecule has 0 atom stereocenters. The van der Waals surface area contributed by atoms with Gasteiger partial charge in [0.25, 0.3) is 0 Å². The van der Waals surface area contributed by atoms with Crippen LogP contribution in [0.25, 0.3) is 0 Å². The van der Waals surface area contributed by atoms with Crippen LogP contribution in [-0.4, -0.2) is 14.5 Å². The number of hydrogen-bond acceptors (Lipinski definition) is 1. The van der Waals surface area contributed by atoms with E-state index >= 15 is 0 Å². The summed E-state index contributed by atoms with van der Waals surface area (Å²) in [5, 5.41) is 1.01. The van der Waals surface area contributed by atoms with Crippen LogP contribution in [0.4, 0.5) is 0 Å². The quantitative estimate of drug-likeness (QED) is 0.781. The zero-order chi connectivity index (χ0) is 11.2. The predicted molar refractivity (Wildman–Crippen MR) is 67.0 cm³/mol. The Morgan fingerprint density at radius 2 is 2.12 bits per heavy atom. The van der Waals surface area contributed by atoms with E-state index in [0.717, 1.165) is 11.9 Å². The first-order chi connectivity index (χ1) is 7.74. The lowest BCUT2D eigenvalue weighted by molar-refractivity contribution is 0.138. The first-order valence-corrected chi connectivity index (χ1v) is 7.19. The van der Waals surface area contributed by atoms with Crippen molar-refractivity contribution in [2.24, 2.45) is 5.41 Å². The second-order valence-corrected chi connectivity index (χ2v) is 5.89. The van der Waals surface area contributed by atoms with Crippen LogP contribution in [0.2, 0.25) is 0 Å². The predicted octanol–water partition coefficient (Wildman–Crippen LogP) is 2.55. The van der Waals surface area contributed by atoms with Crippen LogP contribution in [-0.2, 0) is 6.54 Å². The van der Waals surface area contributed by atoms with Crippen molar-refractivity contribution in [2.45, 2.75) is 44.7 Å². The van der Waals surface area contributed by atoms with Gasteiger partial charge in [-0.2, -0.15) is 0 Å². The molecule has 88 valence electrons. The van der Waals surface area contributed by atoms with Crippen molar-refractivity contribution in [3.05, 3.63) is 22.9 Å². The van der Waals surface area contributed by atoms with E-state index in [1.54, 1.807) is 0 Å². The molecule has 1 aromatic heterocycles. The molecular weight excluding hydrogens is 268 g/mol. The molecule has 2 aliphatic rings. The van der Waals surface area contributed by atoms with E-state index in [1.807, 2.05) is 21.5 Å². The minimum Gasteiger partial charge on any atom is -0.299 e. The van der Waals surface area contributed by atoms with Gasteiger partial charge in [0.05, 0.1) is 0 Å². The largest absolute Gasteiger partial charge is 0.328 e. The van der Waals surface area contributed by atoms with Crippen LogP contribution in [0.3, 0.4) is 0 Å². The molecule has 1 heterocycles. The van der Waals surface area contributed by atoms with Crippen LogP contribution in [0.15, 0.2) is 17.2 Å². The Hall–Kier alpha value is -0.510. The highest BCUT2D eigenvalue weighted by atomic mass is 79.9. The van der Waals surface area contributed by atoms with Crippen molar-refractivity contribution in [1.29, 1.82) is 0 Å². The van der Waals surface area contributed by atoms with Gasteiger partial charge in [-0.15, -0.1) is 0 Å². The van der Waals surface area contributed by atoms with E-state index < -0.39 is 0 Å². The summed E-state index contributed by atoms with van der Waals surface area (Å²) in [5.41, 5.74) is 0.536. The van der Waals surface area contributed by atoms with Gasteiger partial charge in [-0.05, 0) is 31.1 Å². The molecule has 0 unspecified atom stereocenters. The lowest BCUT2D eigenvalue weighted by Crippen LogP contribution is -2.39. The molecule has 2 aliphatic carbocycles. The molecule has 0 aliphatic heterocycles. The van der Waals surface area contributed by atoms with Gasteiger partial charge in [0.2, 0.25) is 0 Å². The van der Waals surface area contributed by atoms with Gasteiger partial charge in [-0.3, -0.25) is 9.13 Å². The summed E-state index contributed by atoms with van der Waals surface area (Å²) in [5.74, 6) is 0. The van der Waals surface area contributed by atoms with Crippen LogP contribution >= 0.6 is 15.9 Å². The minimum absolute atomic E-state index is 0.190. The molecule has 0 radical (unpaired) electrons. The van der Waals surface area contributed by atoms with E-state index in [9.17, 15) is 4.79 Å². The molecule has 0 amide bonds. The van der Waals surface area contributed by atoms with Crippen LogP contribution in [0, 0.1) is 5.41 Å². The fraction of sp³-hybridized carbons (Fsp3) is 0.750. The standard InChI is InChI=1S/C12H17BrN2O/c13-8-12(4-1-5-12)9-14-6-7-15(11(14)16)10-2-3-10/h6-7,10H,1-5,8-9H2. The normalized spacial score (nSPS) is 23.1. The summed E-state index contributed by atoms with van der Waals surface area (Å²) in [4.78, 5) is 12.1. The number of rotatable bonds is 4. The topological polar surface area (TPSA) is 26.9 Å². The van der Waals surface area contributed by atoms with Crippen molar-refractivity contribution in [2.75, 3.05) is 5.33 Å². The Morgan fingerprint density at radius 3 is 2.62 bits per heavy atom. The first-order valence-electron chi connectivity index (χ1n) is 6.07. The third-order valence-electron chi connectivity index (χ3n) is 4.02. The van der Waals surface area contributed by atoms with Gasteiger partial charge in [-0.25, -0.2) is 4.79 Å². The van der Waals surface area contributed by atoms with E-state index in [2.05, 4.69) is 15.9 Å². The van der Waals surface area contributed by atoms with Crippen molar-refractivity contribution in [3.63, 3.8) is 0 Å². The number of nitrogens with zero attached hydrogens (tertiary/aromatic N) is 2. The zero-order valence-electron chi connectivity index (χ0n) is 9.36. The molecular formula is C12H17BrN2O. The molecule has 0 saturated heterocycles. The van der Waals surface area contributed by atoms with E-state index in [-0.39, 0.29) is 5.69 Å². The van der Waals surface area contributed by atoms with E-state index in [4.69, 9.17) is 0 Å². The van der Waals surface area contributed by atoms with Crippen molar-refractivity contribution in [3.8, 4) is 0 Å². The number of aromatic nitrogens is 2. The highest BCUT2D eigenvalue weighted by Gasteiger charge is 2.37. The summed E-state index contributed by atoms with van der Waals surface area (Å²) in [6.45, 7) is 0.886. The maximum atomic E-state index is 12.1. The van der Waals surface area contributed by atoms with Crippen LogP contribution < -0.4 is 5.69 Å². The lowest BCUT2D eigenvalue weighted by atomic mass is 9.70. The Balaban J connectivity index is 1.81. The fourth-order valence-corrected chi connectivity index (χ4v) is 3.29. The first kappa shape index (κ1) is 10.6. The average Bonchev–Trinajstić information content (AvgIpc) is 3.00. The number of alkyl halides is 1. The number of halogens is 1. The Labute approximate surface area is 104 Å². The molecule has 0 aromatic carbocycles. The minimum atomic E-state index is 0.190. The number of hydrogen-bond donors (Lipinski definition) is 0. The van der Waals surface area contributed by atoms with Crippen molar-refractivity contribution in [1.82, 2.24) is 9.13 Å². The molecule has 0 bridgehead atoms. The van der Waals surface area contributed by atoms with Crippen molar-refractivity contribution < 1.29 is 0 Å². The third-order valence-corrected chi connectivity index (χ3v) is 5.21. The summed E-state index contributed by atoms with van der Waals surface area (Å²) in [6.07, 6.45) is 10.1. The summed E-state index contributed by atoms with van der Waals surface area (Å²) in [7, 11) is 0. The Kier molecular flexibility index (Phi) is 2.50. The molecule has 1 aromatic rings. The molecule has 3 rings (SSSR count). The molecule has 4 heteroatoms. The summed E-state index contributed by atoms with van der Waals surface area (Å²) in [6, 6.07) is 0.495. The van der Waals surface area contributed by atoms with Gasteiger partial charge in [0.1, 0.15) is 0 Å². The average molecular weight is 285 g/mol. The van der Waals surface area contributed by atoms with Gasteiger partial charge < -0.3 is 0 Å². The Morgan fingerprint density at radius 1 is 1.38 bits per heavy atom. The van der Waals surface area contributed by atoms with Crippen LogP contribution in [0.1, 0.15) is 38.1 Å².